The molecule has 0 aromatic heterocycles. The largest absolute Gasteiger partial charge is 0.492 e. The number of nitrogens with one attached hydrogen (secondary N) is 1. The van der Waals surface area contributed by atoms with Crippen molar-refractivity contribution in [3.05, 3.63) is 53.6 Å². The number of rotatable bonds is 12. The Morgan fingerprint density at radius 3 is 2.46 bits per heavy atom. The van der Waals surface area contributed by atoms with E-state index < -0.39 is 6.04 Å². The first-order valence-electron chi connectivity index (χ1n) is 12.3. The molecule has 186 valence electrons. The first-order chi connectivity index (χ1) is 17.1. The van der Waals surface area contributed by atoms with Gasteiger partial charge in [0.2, 0.25) is 5.96 Å². The maximum atomic E-state index is 12.7. The van der Waals surface area contributed by atoms with Crippen molar-refractivity contribution >= 4 is 23.5 Å². The number of hydrogen-bond donors (Lipinski definition) is 1. The van der Waals surface area contributed by atoms with Crippen molar-refractivity contribution in [3.8, 4) is 11.5 Å². The van der Waals surface area contributed by atoms with Crippen molar-refractivity contribution in [2.75, 3.05) is 20.3 Å². The van der Waals surface area contributed by atoms with Crippen LogP contribution in [0.5, 0.6) is 11.5 Å². The number of aliphatic imine (C=N–C) groups is 1. The predicted octanol–water partition coefficient (Wildman–Crippen LogP) is 4.65. The van der Waals surface area contributed by atoms with E-state index in [0.29, 0.717) is 37.2 Å². The number of carbonyl (C=O) groups excluding carboxylic acids is 2. The van der Waals surface area contributed by atoms with Crippen LogP contribution in [0, 0.1) is 0 Å². The number of fused-ring (bicyclic) bond motifs is 2. The highest BCUT2D eigenvalue weighted by atomic mass is 16.5. The second kappa shape index (κ2) is 11.7. The van der Waals surface area contributed by atoms with E-state index >= 15 is 0 Å². The smallest absolute Gasteiger partial charge is 0.302 e. The molecule has 1 N–H and O–H groups in total. The Balaban J connectivity index is 1.32. The lowest BCUT2D eigenvalue weighted by Gasteiger charge is -2.29. The zero-order chi connectivity index (χ0) is 24.6. The van der Waals surface area contributed by atoms with Crippen molar-refractivity contribution in [2.45, 2.75) is 58.0 Å². The molecule has 0 saturated carbocycles. The van der Waals surface area contributed by atoms with Gasteiger partial charge in [-0.05, 0) is 30.5 Å². The molecule has 1 saturated heterocycles. The highest BCUT2D eigenvalue weighted by molar-refractivity contribution is 6.08. The molecule has 2 aromatic carbocycles. The third kappa shape index (κ3) is 5.93. The molecule has 1 atom stereocenters. The highest BCUT2D eigenvalue weighted by Gasteiger charge is 2.41. The zero-order valence-corrected chi connectivity index (χ0v) is 20.4. The van der Waals surface area contributed by atoms with Gasteiger partial charge in [-0.25, -0.2) is 4.99 Å². The molecule has 2 aliphatic heterocycles. The summed E-state index contributed by atoms with van der Waals surface area (Å²) in [5.41, 5.74) is 2.62. The van der Waals surface area contributed by atoms with Gasteiger partial charge >= 0.3 is 5.97 Å². The number of unbranched alkanes of at least 4 members (excludes halogenated alkanes) is 5. The second-order valence-electron chi connectivity index (χ2n) is 8.77. The zero-order valence-electron chi connectivity index (χ0n) is 20.4. The Kier molecular flexibility index (Phi) is 8.23. The van der Waals surface area contributed by atoms with Crippen LogP contribution < -0.4 is 14.8 Å². The molecule has 1 fully saturated rings. The Morgan fingerprint density at radius 1 is 1.03 bits per heavy atom. The minimum absolute atomic E-state index is 0.0791. The number of guanidine groups is 1. The number of carbonyl (C=O) groups is 2. The summed E-state index contributed by atoms with van der Waals surface area (Å²) in [5.74, 6) is 1.64. The van der Waals surface area contributed by atoms with Gasteiger partial charge in [0.25, 0.3) is 5.91 Å². The van der Waals surface area contributed by atoms with Gasteiger partial charge in [-0.15, -0.1) is 0 Å². The fourth-order valence-electron chi connectivity index (χ4n) is 4.52. The lowest BCUT2D eigenvalue weighted by molar-refractivity contribution is -0.141. The summed E-state index contributed by atoms with van der Waals surface area (Å²) in [4.78, 5) is 30.2. The molecule has 4 rings (SSSR count). The van der Waals surface area contributed by atoms with E-state index in [-0.39, 0.29) is 11.9 Å². The van der Waals surface area contributed by atoms with Gasteiger partial charge in [-0.2, -0.15) is 0 Å². The topological polar surface area (TPSA) is 89.5 Å². The third-order valence-electron chi connectivity index (χ3n) is 6.24. The molecule has 1 unspecified atom stereocenters. The van der Waals surface area contributed by atoms with Crippen molar-refractivity contribution in [3.63, 3.8) is 0 Å². The van der Waals surface area contributed by atoms with Gasteiger partial charge in [-0.3, -0.25) is 14.9 Å². The molecule has 2 aromatic rings. The van der Waals surface area contributed by atoms with E-state index in [4.69, 9.17) is 19.2 Å². The summed E-state index contributed by atoms with van der Waals surface area (Å²) < 4.78 is 16.8. The number of amides is 1. The minimum Gasteiger partial charge on any atom is -0.492 e. The SMILES string of the molecule is COc1c(OCCCCCCCCOC(C)=O)ccc2c1CN1C(=N2)NC(=O)C1c1ccccc1. The second-order valence-corrected chi connectivity index (χ2v) is 8.77. The Labute approximate surface area is 206 Å². The molecular weight excluding hydrogens is 446 g/mol. The standard InChI is InChI=1S/C27H33N3O5/c1-19(31)34-16-10-5-3-4-6-11-17-35-23-15-14-22-21(25(23)33-2)18-30-24(20-12-8-7-9-13-20)26(32)29-27(30)28-22/h7-9,12-15,24H,3-6,10-11,16-18H2,1-2H3,(H,28,29,32). The fourth-order valence-corrected chi connectivity index (χ4v) is 4.52. The average molecular weight is 480 g/mol. The van der Waals surface area contributed by atoms with Crippen molar-refractivity contribution in [1.82, 2.24) is 10.2 Å². The van der Waals surface area contributed by atoms with E-state index in [2.05, 4.69) is 5.32 Å². The average Bonchev–Trinajstić information content (AvgIpc) is 3.18. The number of methoxy groups -OCH3 is 1. The van der Waals surface area contributed by atoms with Crippen LogP contribution >= 0.6 is 0 Å². The first-order valence-corrected chi connectivity index (χ1v) is 12.3. The molecule has 0 spiro atoms. The Morgan fingerprint density at radius 2 is 1.74 bits per heavy atom. The molecule has 35 heavy (non-hydrogen) atoms. The summed E-state index contributed by atoms with van der Waals surface area (Å²) in [7, 11) is 1.64. The molecule has 2 aliphatic rings. The van der Waals surface area contributed by atoms with Gasteiger partial charge in [0.1, 0.15) is 6.04 Å². The van der Waals surface area contributed by atoms with Gasteiger partial charge in [0, 0.05) is 12.5 Å². The lowest BCUT2D eigenvalue weighted by Crippen LogP contribution is -2.33. The predicted molar refractivity (Wildman–Crippen MR) is 133 cm³/mol. The molecule has 1 amide bonds. The normalized spacial score (nSPS) is 16.2. The Bertz CT molecular complexity index is 1070. The van der Waals surface area contributed by atoms with Crippen molar-refractivity contribution < 1.29 is 23.8 Å². The molecule has 0 radical (unpaired) electrons. The molecule has 2 heterocycles. The maximum absolute atomic E-state index is 12.7. The molecule has 8 nitrogen and oxygen atoms in total. The van der Waals surface area contributed by atoms with E-state index in [1.165, 1.54) is 6.92 Å². The molecule has 0 bridgehead atoms. The van der Waals surface area contributed by atoms with Crippen LogP contribution in [0.25, 0.3) is 0 Å². The molecule has 0 aliphatic carbocycles. The van der Waals surface area contributed by atoms with E-state index in [1.807, 2.05) is 47.4 Å². The van der Waals surface area contributed by atoms with E-state index in [9.17, 15) is 9.59 Å². The van der Waals surface area contributed by atoms with Crippen LogP contribution in [0.2, 0.25) is 0 Å². The van der Waals surface area contributed by atoms with Gasteiger partial charge in [0.05, 0.1) is 32.6 Å². The van der Waals surface area contributed by atoms with Crippen LogP contribution in [0.3, 0.4) is 0 Å². The van der Waals surface area contributed by atoms with Crippen LogP contribution in [0.1, 0.15) is 62.6 Å². The van der Waals surface area contributed by atoms with Crippen molar-refractivity contribution in [2.24, 2.45) is 4.99 Å². The first kappa shape index (κ1) is 24.6. The summed E-state index contributed by atoms with van der Waals surface area (Å²) in [6, 6.07) is 13.1. The number of nitrogens with zero attached hydrogens (tertiary/aromatic N) is 2. The summed E-state index contributed by atoms with van der Waals surface area (Å²) in [6.45, 7) is 3.05. The molecule has 8 heteroatoms. The van der Waals surface area contributed by atoms with Gasteiger partial charge in [0.15, 0.2) is 11.5 Å². The number of ether oxygens (including phenoxy) is 3. The van der Waals surface area contributed by atoms with Gasteiger partial charge in [-0.1, -0.05) is 56.0 Å². The lowest BCUT2D eigenvalue weighted by atomic mass is 10.0. The maximum Gasteiger partial charge on any atom is 0.302 e. The summed E-state index contributed by atoms with van der Waals surface area (Å²) in [5, 5.41) is 2.92. The van der Waals surface area contributed by atoms with Crippen LogP contribution in [-0.2, 0) is 20.9 Å². The van der Waals surface area contributed by atoms with Crippen molar-refractivity contribution in [1.29, 1.82) is 0 Å². The fraction of sp³-hybridized carbons (Fsp3) is 0.444. The number of esters is 1. The Hall–Kier alpha value is -3.55. The van der Waals surface area contributed by atoms with Crippen LogP contribution in [-0.4, -0.2) is 43.1 Å². The van der Waals surface area contributed by atoms with Gasteiger partial charge < -0.3 is 19.1 Å². The number of hydrogen-bond acceptors (Lipinski definition) is 7. The van der Waals surface area contributed by atoms with Crippen LogP contribution in [0.15, 0.2) is 47.5 Å². The monoisotopic (exact) mass is 479 g/mol. The van der Waals surface area contributed by atoms with Crippen LogP contribution in [0.4, 0.5) is 5.69 Å². The highest BCUT2D eigenvalue weighted by Crippen LogP contribution is 2.43. The van der Waals surface area contributed by atoms with E-state index in [1.54, 1.807) is 7.11 Å². The summed E-state index contributed by atoms with van der Waals surface area (Å²) >= 11 is 0. The summed E-state index contributed by atoms with van der Waals surface area (Å²) in [6.07, 6.45) is 6.25. The number of benzene rings is 2. The molecular formula is C27H33N3O5. The quantitative estimate of drug-likeness (QED) is 0.352. The third-order valence-corrected chi connectivity index (χ3v) is 6.24. The minimum atomic E-state index is -0.425. The van der Waals surface area contributed by atoms with E-state index in [0.717, 1.165) is 55.3 Å².